The number of benzene rings is 1. The number of hydrogen-bond acceptors (Lipinski definition) is 4. The van der Waals surface area contributed by atoms with E-state index in [9.17, 15) is 4.79 Å². The molecular weight excluding hydrogens is 337 g/mol. The largest absolute Gasteiger partial charge is 0.320 e. The van der Waals surface area contributed by atoms with Crippen LogP contribution in [0.25, 0.3) is 0 Å². The van der Waals surface area contributed by atoms with Crippen LogP contribution in [-0.2, 0) is 0 Å². The highest BCUT2D eigenvalue weighted by Gasteiger charge is 2.19. The minimum absolute atomic E-state index is 0. The number of aryl methyl sites for hydroxylation is 1. The van der Waals surface area contributed by atoms with Crippen LogP contribution in [-0.4, -0.2) is 34.0 Å². The zero-order valence-corrected chi connectivity index (χ0v) is 14.3. The van der Waals surface area contributed by atoms with Crippen LogP contribution in [0.5, 0.6) is 0 Å². The number of nitrogens with one attached hydrogen (secondary N) is 2. The third-order valence-electron chi connectivity index (χ3n) is 3.87. The molecule has 1 amide bonds. The molecule has 0 bridgehead atoms. The summed E-state index contributed by atoms with van der Waals surface area (Å²) in [5, 5.41) is 14.8. The van der Waals surface area contributed by atoms with Crippen LogP contribution in [0.4, 0.5) is 5.69 Å². The normalized spacial score (nSPS) is 15.0. The zero-order valence-electron chi connectivity index (χ0n) is 12.8. The monoisotopic (exact) mass is 355 g/mol. The second-order valence-corrected chi connectivity index (χ2v) is 5.91. The molecule has 0 atom stereocenters. The Morgan fingerprint density at radius 3 is 2.87 bits per heavy atom. The number of carbonyl (C=O) groups excluding carboxylic acids is 1. The van der Waals surface area contributed by atoms with Gasteiger partial charge in [0.2, 0.25) is 0 Å². The summed E-state index contributed by atoms with van der Waals surface area (Å²) in [5.41, 5.74) is 1.95. The molecule has 0 aliphatic carbocycles. The highest BCUT2D eigenvalue weighted by Crippen LogP contribution is 2.21. The maximum absolute atomic E-state index is 12.3. The van der Waals surface area contributed by atoms with Gasteiger partial charge in [-0.2, -0.15) is 0 Å². The maximum Gasteiger partial charge on any atom is 0.277 e. The fourth-order valence-electron chi connectivity index (χ4n) is 2.55. The summed E-state index contributed by atoms with van der Waals surface area (Å²) in [6.07, 6.45) is 3.71. The lowest BCUT2D eigenvalue weighted by molar-refractivity contribution is 0.102. The summed E-state index contributed by atoms with van der Waals surface area (Å²) in [4.78, 5) is 12.3. The Morgan fingerprint density at radius 2 is 2.13 bits per heavy atom. The molecule has 3 rings (SSSR count). The van der Waals surface area contributed by atoms with Gasteiger partial charge in [-0.3, -0.25) is 4.79 Å². The van der Waals surface area contributed by atoms with E-state index in [1.165, 1.54) is 0 Å². The molecule has 124 valence electrons. The van der Waals surface area contributed by atoms with E-state index in [-0.39, 0.29) is 18.3 Å². The minimum Gasteiger partial charge on any atom is -0.320 e. The lowest BCUT2D eigenvalue weighted by Gasteiger charge is -2.22. The predicted octanol–water partition coefficient (Wildman–Crippen LogP) is 2.84. The van der Waals surface area contributed by atoms with Gasteiger partial charge in [0.15, 0.2) is 5.69 Å². The molecule has 0 spiro atoms. The van der Waals surface area contributed by atoms with E-state index in [2.05, 4.69) is 20.9 Å². The average molecular weight is 356 g/mol. The van der Waals surface area contributed by atoms with E-state index in [4.69, 9.17) is 11.6 Å². The summed E-state index contributed by atoms with van der Waals surface area (Å²) in [6.45, 7) is 3.85. The number of anilines is 1. The fourth-order valence-corrected chi connectivity index (χ4v) is 2.72. The molecule has 2 N–H and O–H groups in total. The van der Waals surface area contributed by atoms with E-state index < -0.39 is 0 Å². The van der Waals surface area contributed by atoms with Crippen molar-refractivity contribution in [3.05, 3.63) is 40.7 Å². The van der Waals surface area contributed by atoms with E-state index in [1.54, 1.807) is 23.0 Å². The summed E-state index contributed by atoms with van der Waals surface area (Å²) < 4.78 is 1.79. The molecule has 6 nitrogen and oxygen atoms in total. The van der Waals surface area contributed by atoms with Crippen LogP contribution in [0.1, 0.15) is 34.9 Å². The van der Waals surface area contributed by atoms with Gasteiger partial charge in [-0.25, -0.2) is 4.68 Å². The SMILES string of the molecule is Cc1ccc(Cl)cc1NC(=O)c1cn(C2CCNCC2)nn1.Cl. The molecule has 2 aromatic rings. The van der Waals surface area contributed by atoms with Gasteiger partial charge in [-0.15, -0.1) is 17.5 Å². The molecule has 1 aromatic heterocycles. The van der Waals surface area contributed by atoms with Crippen molar-refractivity contribution in [1.29, 1.82) is 0 Å². The standard InChI is InChI=1S/C15H18ClN5O.ClH/c1-10-2-3-11(16)8-13(10)18-15(22)14-9-21(20-19-14)12-4-6-17-7-5-12;/h2-3,8-9,12,17H,4-7H2,1H3,(H,18,22);1H. The Morgan fingerprint density at radius 1 is 1.39 bits per heavy atom. The van der Waals surface area contributed by atoms with Crippen molar-refractivity contribution >= 4 is 35.6 Å². The number of nitrogens with zero attached hydrogens (tertiary/aromatic N) is 3. The van der Waals surface area contributed by atoms with Crippen LogP contribution >= 0.6 is 24.0 Å². The van der Waals surface area contributed by atoms with Crippen molar-refractivity contribution in [3.63, 3.8) is 0 Å². The van der Waals surface area contributed by atoms with Gasteiger partial charge in [-0.05, 0) is 50.6 Å². The molecule has 1 aliphatic rings. The number of carbonyl (C=O) groups is 1. The lowest BCUT2D eigenvalue weighted by Crippen LogP contribution is -2.29. The second kappa shape index (κ2) is 7.77. The fraction of sp³-hybridized carbons (Fsp3) is 0.400. The van der Waals surface area contributed by atoms with Crippen LogP contribution in [0, 0.1) is 6.92 Å². The summed E-state index contributed by atoms with van der Waals surface area (Å²) in [6, 6.07) is 5.69. The first-order chi connectivity index (χ1) is 10.6. The number of hydrogen-bond donors (Lipinski definition) is 2. The summed E-state index contributed by atoms with van der Waals surface area (Å²) in [5.74, 6) is -0.273. The van der Waals surface area contributed by atoms with E-state index >= 15 is 0 Å². The van der Waals surface area contributed by atoms with Crippen LogP contribution < -0.4 is 10.6 Å². The molecule has 1 aliphatic heterocycles. The van der Waals surface area contributed by atoms with E-state index in [0.717, 1.165) is 31.5 Å². The molecule has 1 aromatic carbocycles. The number of halogens is 2. The second-order valence-electron chi connectivity index (χ2n) is 5.48. The summed E-state index contributed by atoms with van der Waals surface area (Å²) in [7, 11) is 0. The number of amides is 1. The minimum atomic E-state index is -0.273. The maximum atomic E-state index is 12.3. The first-order valence-electron chi connectivity index (χ1n) is 7.33. The van der Waals surface area contributed by atoms with Crippen LogP contribution in [0.2, 0.25) is 5.02 Å². The van der Waals surface area contributed by atoms with Gasteiger partial charge < -0.3 is 10.6 Å². The van der Waals surface area contributed by atoms with Gasteiger partial charge in [0, 0.05) is 10.7 Å². The van der Waals surface area contributed by atoms with E-state index in [1.807, 2.05) is 13.0 Å². The zero-order chi connectivity index (χ0) is 15.5. The predicted molar refractivity (Wildman–Crippen MR) is 92.6 cm³/mol. The Balaban J connectivity index is 0.00000192. The smallest absolute Gasteiger partial charge is 0.277 e. The van der Waals surface area contributed by atoms with Crippen molar-refractivity contribution in [2.45, 2.75) is 25.8 Å². The molecular formula is C15H19Cl2N5O. The van der Waals surface area contributed by atoms with Crippen molar-refractivity contribution in [2.24, 2.45) is 0 Å². The topological polar surface area (TPSA) is 71.8 Å². The van der Waals surface area contributed by atoms with Gasteiger partial charge in [0.25, 0.3) is 5.91 Å². The van der Waals surface area contributed by atoms with E-state index in [0.29, 0.717) is 22.4 Å². The Labute approximate surface area is 146 Å². The third-order valence-corrected chi connectivity index (χ3v) is 4.11. The molecule has 1 saturated heterocycles. The van der Waals surface area contributed by atoms with Gasteiger partial charge in [0.05, 0.1) is 12.2 Å². The Hall–Kier alpha value is -1.63. The highest BCUT2D eigenvalue weighted by atomic mass is 35.5. The quantitative estimate of drug-likeness (QED) is 0.887. The summed E-state index contributed by atoms with van der Waals surface area (Å²) >= 11 is 5.96. The lowest BCUT2D eigenvalue weighted by atomic mass is 10.1. The first-order valence-corrected chi connectivity index (χ1v) is 7.71. The average Bonchev–Trinajstić information content (AvgIpc) is 3.02. The van der Waals surface area contributed by atoms with Crippen molar-refractivity contribution in [2.75, 3.05) is 18.4 Å². The van der Waals surface area contributed by atoms with Gasteiger partial charge in [0.1, 0.15) is 0 Å². The molecule has 8 heteroatoms. The first kappa shape index (κ1) is 17.7. The molecule has 0 radical (unpaired) electrons. The van der Waals surface area contributed by atoms with Crippen LogP contribution in [0.3, 0.4) is 0 Å². The Kier molecular flexibility index (Phi) is 5.98. The number of rotatable bonds is 3. The number of piperidine rings is 1. The van der Waals surface area contributed by atoms with Crippen molar-refractivity contribution < 1.29 is 4.79 Å². The molecule has 23 heavy (non-hydrogen) atoms. The van der Waals surface area contributed by atoms with Gasteiger partial charge in [-0.1, -0.05) is 22.9 Å². The third kappa shape index (κ3) is 4.22. The Bertz CT molecular complexity index is 682. The molecule has 1 fully saturated rings. The van der Waals surface area contributed by atoms with Crippen LogP contribution in [0.15, 0.2) is 24.4 Å². The molecule has 0 unspecified atom stereocenters. The highest BCUT2D eigenvalue weighted by molar-refractivity contribution is 6.31. The van der Waals surface area contributed by atoms with Crippen molar-refractivity contribution in [3.8, 4) is 0 Å². The van der Waals surface area contributed by atoms with Gasteiger partial charge >= 0.3 is 0 Å². The van der Waals surface area contributed by atoms with Crippen molar-refractivity contribution in [1.82, 2.24) is 20.3 Å². The molecule has 2 heterocycles. The molecule has 0 saturated carbocycles. The number of aromatic nitrogens is 3.